The number of hydrogen-bond donors (Lipinski definition) is 2. The first-order chi connectivity index (χ1) is 12.9. The Morgan fingerprint density at radius 3 is 2.85 bits per heavy atom. The van der Waals surface area contributed by atoms with Crippen molar-refractivity contribution < 1.29 is 9.50 Å². The number of aliphatic hydroxyl groups excluding tert-OH is 1. The van der Waals surface area contributed by atoms with Crippen LogP contribution in [0.4, 0.5) is 10.1 Å². The molecule has 0 radical (unpaired) electrons. The maximum atomic E-state index is 13.7. The van der Waals surface area contributed by atoms with E-state index < -0.39 is 12.1 Å². The van der Waals surface area contributed by atoms with Gasteiger partial charge in [-0.1, -0.05) is 11.6 Å². The van der Waals surface area contributed by atoms with Gasteiger partial charge in [-0.05, 0) is 32.0 Å². The summed E-state index contributed by atoms with van der Waals surface area (Å²) in [7, 11) is 0. The van der Waals surface area contributed by atoms with Gasteiger partial charge in [-0.2, -0.15) is 5.10 Å². The summed E-state index contributed by atoms with van der Waals surface area (Å²) >= 11 is 6.30. The molecule has 0 spiro atoms. The van der Waals surface area contributed by atoms with Crippen LogP contribution in [0, 0.1) is 0 Å². The number of benzene rings is 1. The van der Waals surface area contributed by atoms with Crippen LogP contribution in [-0.4, -0.2) is 63.1 Å². The normalized spacial score (nSPS) is 21.0. The van der Waals surface area contributed by atoms with Crippen LogP contribution in [0.3, 0.4) is 0 Å². The molecule has 0 amide bonds. The Hall–Kier alpha value is -2.16. The molecule has 1 aromatic carbocycles. The quantitative estimate of drug-likeness (QED) is 0.818. The Morgan fingerprint density at radius 2 is 2.15 bits per heavy atom. The Bertz CT molecular complexity index is 905. The van der Waals surface area contributed by atoms with E-state index in [1.54, 1.807) is 4.90 Å². The molecule has 3 heterocycles. The van der Waals surface area contributed by atoms with E-state index in [1.165, 1.54) is 12.4 Å². The number of nitrogens with one attached hydrogen (secondary N) is 1. The largest absolute Gasteiger partial charge is 0.390 e. The molecule has 2 aliphatic rings. The molecule has 7 nitrogen and oxygen atoms in total. The van der Waals surface area contributed by atoms with Gasteiger partial charge in [0.05, 0.1) is 24.5 Å². The SMILES string of the molecule is CC(C)n1nc(Cl)c2cc(NC3N=CC(F)=CN3CN3CC(O)C3)ccc21. The van der Waals surface area contributed by atoms with Crippen molar-refractivity contribution in [1.29, 1.82) is 0 Å². The Kier molecular flexibility index (Phi) is 4.79. The standard InChI is InChI=1S/C18H22ClFN6O/c1-11(2)26-16-4-3-13(5-15(16)17(19)23-26)22-18-21-6-12(20)7-25(18)10-24-8-14(27)9-24/h3-7,11,14,18,22,27H,8-10H2,1-2H3. The number of rotatable bonds is 5. The van der Waals surface area contributed by atoms with Gasteiger partial charge in [0.25, 0.3) is 0 Å². The van der Waals surface area contributed by atoms with Crippen LogP contribution in [0.2, 0.25) is 5.15 Å². The van der Waals surface area contributed by atoms with Gasteiger partial charge in [0.2, 0.25) is 0 Å². The van der Waals surface area contributed by atoms with Crippen molar-refractivity contribution in [2.75, 3.05) is 25.1 Å². The van der Waals surface area contributed by atoms with Crippen LogP contribution in [0.15, 0.2) is 35.2 Å². The number of aliphatic hydroxyl groups is 1. The van der Waals surface area contributed by atoms with Crippen LogP contribution in [0.25, 0.3) is 10.9 Å². The second-order valence-electron chi connectivity index (χ2n) is 7.22. The summed E-state index contributed by atoms with van der Waals surface area (Å²) in [6, 6.07) is 6.04. The van der Waals surface area contributed by atoms with Gasteiger partial charge in [0.1, 0.15) is 0 Å². The highest BCUT2D eigenvalue weighted by molar-refractivity contribution is 6.34. The van der Waals surface area contributed by atoms with Crippen molar-refractivity contribution in [3.63, 3.8) is 0 Å². The van der Waals surface area contributed by atoms with E-state index in [-0.39, 0.29) is 12.1 Å². The zero-order valence-corrected chi connectivity index (χ0v) is 15.9. The minimum atomic E-state index is -0.446. The molecular formula is C18H22ClFN6O. The van der Waals surface area contributed by atoms with E-state index in [9.17, 15) is 9.50 Å². The fourth-order valence-electron chi connectivity index (χ4n) is 3.35. The van der Waals surface area contributed by atoms with Crippen LogP contribution in [0.5, 0.6) is 0 Å². The molecule has 9 heteroatoms. The summed E-state index contributed by atoms with van der Waals surface area (Å²) in [6.07, 6.45) is 1.89. The van der Waals surface area contributed by atoms with Gasteiger partial charge in [0.15, 0.2) is 17.3 Å². The summed E-state index contributed by atoms with van der Waals surface area (Å²) in [5.74, 6) is -0.397. The fourth-order valence-corrected chi connectivity index (χ4v) is 3.59. The maximum absolute atomic E-state index is 13.7. The minimum absolute atomic E-state index is 0.206. The minimum Gasteiger partial charge on any atom is -0.390 e. The molecule has 4 rings (SSSR count). The fraction of sp³-hybridized carbons (Fsp3) is 0.444. The Morgan fingerprint density at radius 1 is 1.37 bits per heavy atom. The predicted molar refractivity (Wildman–Crippen MR) is 105 cm³/mol. The molecule has 144 valence electrons. The Labute approximate surface area is 161 Å². The molecule has 1 aromatic heterocycles. The third-order valence-electron chi connectivity index (χ3n) is 4.69. The van der Waals surface area contributed by atoms with Gasteiger partial charge in [-0.3, -0.25) is 9.58 Å². The second-order valence-corrected chi connectivity index (χ2v) is 7.57. The van der Waals surface area contributed by atoms with E-state index >= 15 is 0 Å². The van der Waals surface area contributed by atoms with Gasteiger partial charge in [-0.25, -0.2) is 9.38 Å². The summed E-state index contributed by atoms with van der Waals surface area (Å²) in [5.41, 5.74) is 1.78. The number of aliphatic imine (C=N–C) groups is 1. The highest BCUT2D eigenvalue weighted by Gasteiger charge is 2.28. The highest BCUT2D eigenvalue weighted by Crippen LogP contribution is 2.29. The van der Waals surface area contributed by atoms with Gasteiger partial charge in [0, 0.05) is 36.4 Å². The molecule has 1 saturated heterocycles. The van der Waals surface area contributed by atoms with Crippen molar-refractivity contribution in [2.45, 2.75) is 32.3 Å². The van der Waals surface area contributed by atoms with Gasteiger partial charge >= 0.3 is 0 Å². The van der Waals surface area contributed by atoms with Gasteiger partial charge < -0.3 is 15.3 Å². The monoisotopic (exact) mass is 392 g/mol. The van der Waals surface area contributed by atoms with Crippen molar-refractivity contribution in [3.05, 3.63) is 35.4 Å². The first-order valence-electron chi connectivity index (χ1n) is 8.91. The molecule has 1 unspecified atom stereocenters. The molecule has 2 aliphatic heterocycles. The summed E-state index contributed by atoms with van der Waals surface area (Å²) in [4.78, 5) is 8.05. The number of halogens is 2. The molecule has 2 aromatic rings. The number of allylic oxidation sites excluding steroid dienone is 1. The number of fused-ring (bicyclic) bond motifs is 1. The van der Waals surface area contributed by atoms with E-state index in [0.717, 1.165) is 16.6 Å². The smallest absolute Gasteiger partial charge is 0.197 e. The second kappa shape index (κ2) is 7.10. The summed E-state index contributed by atoms with van der Waals surface area (Å²) in [6.45, 7) is 5.75. The maximum Gasteiger partial charge on any atom is 0.197 e. The van der Waals surface area contributed by atoms with E-state index in [2.05, 4.69) is 29.3 Å². The topological polar surface area (TPSA) is 68.9 Å². The third kappa shape index (κ3) is 3.65. The number of aromatic nitrogens is 2. The number of hydrogen-bond acceptors (Lipinski definition) is 6. The Balaban J connectivity index is 1.54. The van der Waals surface area contributed by atoms with Crippen LogP contribution in [-0.2, 0) is 0 Å². The van der Waals surface area contributed by atoms with Crippen molar-refractivity contribution in [1.82, 2.24) is 19.6 Å². The highest BCUT2D eigenvalue weighted by atomic mass is 35.5. The third-order valence-corrected chi connectivity index (χ3v) is 4.97. The van der Waals surface area contributed by atoms with Gasteiger partial charge in [-0.15, -0.1) is 0 Å². The number of anilines is 1. The predicted octanol–water partition coefficient (Wildman–Crippen LogP) is 2.80. The van der Waals surface area contributed by atoms with Crippen LogP contribution in [0.1, 0.15) is 19.9 Å². The van der Waals surface area contributed by atoms with E-state index in [4.69, 9.17) is 11.6 Å². The molecule has 1 atom stereocenters. The molecule has 0 saturated carbocycles. The number of likely N-dealkylation sites (tertiary alicyclic amines) is 1. The lowest BCUT2D eigenvalue weighted by atomic mass is 10.2. The van der Waals surface area contributed by atoms with E-state index in [1.807, 2.05) is 27.8 Å². The molecule has 0 aliphatic carbocycles. The van der Waals surface area contributed by atoms with Crippen molar-refractivity contribution in [2.24, 2.45) is 4.99 Å². The summed E-state index contributed by atoms with van der Waals surface area (Å²) in [5, 5.41) is 18.5. The lowest BCUT2D eigenvalue weighted by molar-refractivity contribution is -0.0256. The lowest BCUT2D eigenvalue weighted by Crippen LogP contribution is -2.56. The molecular weight excluding hydrogens is 371 g/mol. The average molecular weight is 393 g/mol. The lowest BCUT2D eigenvalue weighted by Gasteiger charge is -2.41. The number of β-amino-alcohol motifs (C(OH)–C–C–N with tert-alkyl or cyclic N) is 1. The number of nitrogens with zero attached hydrogens (tertiary/aromatic N) is 5. The molecule has 0 bridgehead atoms. The van der Waals surface area contributed by atoms with Crippen molar-refractivity contribution in [3.8, 4) is 0 Å². The zero-order valence-electron chi connectivity index (χ0n) is 15.2. The average Bonchev–Trinajstić information content (AvgIpc) is 2.93. The molecule has 2 N–H and O–H groups in total. The molecule has 27 heavy (non-hydrogen) atoms. The first kappa shape index (κ1) is 18.2. The first-order valence-corrected chi connectivity index (χ1v) is 9.29. The van der Waals surface area contributed by atoms with Crippen molar-refractivity contribution >= 4 is 34.4 Å². The zero-order chi connectivity index (χ0) is 19.1. The summed E-state index contributed by atoms with van der Waals surface area (Å²) < 4.78 is 15.6. The van der Waals surface area contributed by atoms with Crippen LogP contribution < -0.4 is 5.32 Å². The van der Waals surface area contributed by atoms with Crippen LogP contribution >= 0.6 is 11.6 Å². The van der Waals surface area contributed by atoms with E-state index in [0.29, 0.717) is 24.9 Å². The molecule has 1 fully saturated rings.